The van der Waals surface area contributed by atoms with Gasteiger partial charge in [0.25, 0.3) is 5.91 Å². The van der Waals surface area contributed by atoms with Crippen molar-refractivity contribution in [3.05, 3.63) is 95.0 Å². The minimum absolute atomic E-state index is 0.187. The predicted molar refractivity (Wildman–Crippen MR) is 110 cm³/mol. The van der Waals surface area contributed by atoms with Crippen LogP contribution in [0.2, 0.25) is 5.02 Å². The van der Waals surface area contributed by atoms with Crippen molar-refractivity contribution in [1.82, 2.24) is 5.43 Å². The van der Waals surface area contributed by atoms with Gasteiger partial charge in [-0.3, -0.25) is 4.79 Å². The Kier molecular flexibility index (Phi) is 7.04. The van der Waals surface area contributed by atoms with E-state index >= 15 is 0 Å². The van der Waals surface area contributed by atoms with Gasteiger partial charge in [0.1, 0.15) is 18.1 Å². The van der Waals surface area contributed by atoms with E-state index in [4.69, 9.17) is 21.1 Å². The van der Waals surface area contributed by atoms with Crippen LogP contribution in [0.4, 0.5) is 0 Å². The summed E-state index contributed by atoms with van der Waals surface area (Å²) in [5.74, 6) is 0.735. The highest BCUT2D eigenvalue weighted by Gasteiger charge is 2.05. The maximum Gasteiger partial charge on any atom is 0.277 e. The van der Waals surface area contributed by atoms with E-state index in [1.807, 2.05) is 54.6 Å². The molecule has 0 atom stereocenters. The molecule has 3 rings (SSSR count). The minimum atomic E-state index is -0.390. The van der Waals surface area contributed by atoms with Crippen LogP contribution >= 0.6 is 11.6 Å². The molecule has 3 aromatic carbocycles. The van der Waals surface area contributed by atoms with Gasteiger partial charge in [-0.25, -0.2) is 5.43 Å². The number of carbonyl (C=O) groups excluding carboxylic acids is 1. The van der Waals surface area contributed by atoms with Crippen LogP contribution in [0.15, 0.2) is 84.0 Å². The Morgan fingerprint density at radius 2 is 1.57 bits per heavy atom. The summed E-state index contributed by atoms with van der Waals surface area (Å²) in [5.41, 5.74) is 4.25. The summed E-state index contributed by atoms with van der Waals surface area (Å²) in [5, 5.41) is 4.42. The molecule has 1 amide bonds. The summed E-state index contributed by atoms with van der Waals surface area (Å²) in [6, 6.07) is 24.3. The molecule has 0 aromatic heterocycles. The molecule has 1 N–H and O–H groups in total. The van der Waals surface area contributed by atoms with E-state index < -0.39 is 0 Å². The third-order valence-electron chi connectivity index (χ3n) is 3.74. The zero-order chi connectivity index (χ0) is 19.6. The molecule has 5 nitrogen and oxygen atoms in total. The summed E-state index contributed by atoms with van der Waals surface area (Å²) < 4.78 is 11.2. The zero-order valence-electron chi connectivity index (χ0n) is 15.0. The van der Waals surface area contributed by atoms with Gasteiger partial charge in [-0.2, -0.15) is 5.10 Å². The van der Waals surface area contributed by atoms with Crippen molar-refractivity contribution >= 4 is 23.7 Å². The Bertz CT molecular complexity index is 945. The number of nitrogens with zero attached hydrogens (tertiary/aromatic N) is 1. The monoisotopic (exact) mass is 394 g/mol. The van der Waals surface area contributed by atoms with Crippen LogP contribution in [0.3, 0.4) is 0 Å². The molecule has 28 heavy (non-hydrogen) atoms. The average molecular weight is 395 g/mol. The maximum absolute atomic E-state index is 11.9. The molecule has 0 fully saturated rings. The molecule has 3 aromatic rings. The normalized spacial score (nSPS) is 10.6. The number of ether oxygens (including phenoxy) is 2. The van der Waals surface area contributed by atoms with Crippen LogP contribution in [-0.2, 0) is 11.4 Å². The third kappa shape index (κ3) is 5.86. The van der Waals surface area contributed by atoms with Crippen molar-refractivity contribution in [1.29, 1.82) is 0 Å². The van der Waals surface area contributed by atoms with Gasteiger partial charge < -0.3 is 9.47 Å². The number of amides is 1. The van der Waals surface area contributed by atoms with E-state index in [9.17, 15) is 4.79 Å². The topological polar surface area (TPSA) is 59.9 Å². The molecule has 0 bridgehead atoms. The molecule has 0 aliphatic rings. The second-order valence-electron chi connectivity index (χ2n) is 5.82. The highest BCUT2D eigenvalue weighted by Crippen LogP contribution is 2.22. The molecule has 0 saturated carbocycles. The fourth-order valence-electron chi connectivity index (χ4n) is 2.37. The molecule has 0 radical (unpaired) electrons. The first kappa shape index (κ1) is 19.5. The largest absolute Gasteiger partial charge is 0.488 e. The molecule has 0 spiro atoms. The SMILES string of the molecule is O=C(COc1ccccc1Cl)NN=Cc1ccccc1OCc1ccccc1. The van der Waals surface area contributed by atoms with Gasteiger partial charge >= 0.3 is 0 Å². The van der Waals surface area contributed by atoms with Crippen molar-refractivity contribution in [3.63, 3.8) is 0 Å². The quantitative estimate of drug-likeness (QED) is 0.453. The number of rotatable bonds is 8. The number of hydrogen-bond donors (Lipinski definition) is 1. The van der Waals surface area contributed by atoms with Crippen molar-refractivity contribution in [3.8, 4) is 11.5 Å². The molecule has 0 saturated heterocycles. The van der Waals surface area contributed by atoms with E-state index in [1.54, 1.807) is 24.3 Å². The van der Waals surface area contributed by atoms with Crippen LogP contribution in [0.5, 0.6) is 11.5 Å². The molecular formula is C22H19ClN2O3. The first-order valence-electron chi connectivity index (χ1n) is 8.67. The zero-order valence-corrected chi connectivity index (χ0v) is 15.8. The van der Waals surface area contributed by atoms with Crippen molar-refractivity contribution in [2.45, 2.75) is 6.61 Å². The van der Waals surface area contributed by atoms with Crippen LogP contribution < -0.4 is 14.9 Å². The summed E-state index contributed by atoms with van der Waals surface area (Å²) in [6.45, 7) is 0.261. The Labute approximate surface area is 168 Å². The van der Waals surface area contributed by atoms with Gasteiger partial charge in [-0.15, -0.1) is 0 Å². The fourth-order valence-corrected chi connectivity index (χ4v) is 2.56. The lowest BCUT2D eigenvalue weighted by molar-refractivity contribution is -0.123. The number of hydrogen-bond acceptors (Lipinski definition) is 4. The molecule has 0 aliphatic carbocycles. The molecule has 0 heterocycles. The van der Waals surface area contributed by atoms with Gasteiger partial charge in [-0.05, 0) is 29.8 Å². The summed E-state index contributed by atoms with van der Waals surface area (Å²) in [6.07, 6.45) is 1.54. The van der Waals surface area contributed by atoms with E-state index in [-0.39, 0.29) is 12.5 Å². The predicted octanol–water partition coefficient (Wildman–Crippen LogP) is 4.45. The molecule has 6 heteroatoms. The smallest absolute Gasteiger partial charge is 0.277 e. The Morgan fingerprint density at radius 3 is 2.36 bits per heavy atom. The van der Waals surface area contributed by atoms with Gasteiger partial charge in [0.2, 0.25) is 0 Å². The maximum atomic E-state index is 11.9. The summed E-state index contributed by atoms with van der Waals surface area (Å²) in [7, 11) is 0. The summed E-state index contributed by atoms with van der Waals surface area (Å²) >= 11 is 5.98. The van der Waals surface area contributed by atoms with Gasteiger partial charge in [0.05, 0.1) is 11.2 Å². The van der Waals surface area contributed by atoms with Crippen molar-refractivity contribution < 1.29 is 14.3 Å². The van der Waals surface area contributed by atoms with Gasteiger partial charge in [0, 0.05) is 5.56 Å². The fraction of sp³-hybridized carbons (Fsp3) is 0.0909. The number of carbonyl (C=O) groups is 1. The lowest BCUT2D eigenvalue weighted by Crippen LogP contribution is -2.24. The minimum Gasteiger partial charge on any atom is -0.488 e. The Morgan fingerprint density at radius 1 is 0.893 bits per heavy atom. The second kappa shape index (κ2) is 10.1. The van der Waals surface area contributed by atoms with Crippen LogP contribution in [-0.4, -0.2) is 18.7 Å². The van der Waals surface area contributed by atoms with Gasteiger partial charge in [-0.1, -0.05) is 66.2 Å². The molecule has 0 unspecified atom stereocenters. The first-order chi connectivity index (χ1) is 13.7. The molecule has 142 valence electrons. The van der Waals surface area contributed by atoms with Gasteiger partial charge in [0.15, 0.2) is 6.61 Å². The van der Waals surface area contributed by atoms with E-state index in [0.717, 1.165) is 11.1 Å². The van der Waals surface area contributed by atoms with E-state index in [2.05, 4.69) is 10.5 Å². The lowest BCUT2D eigenvalue weighted by atomic mass is 10.2. The van der Waals surface area contributed by atoms with Crippen LogP contribution in [0, 0.1) is 0 Å². The number of hydrazone groups is 1. The molecular weight excluding hydrogens is 376 g/mol. The average Bonchev–Trinajstić information content (AvgIpc) is 2.73. The summed E-state index contributed by atoms with van der Waals surface area (Å²) in [4.78, 5) is 11.9. The lowest BCUT2D eigenvalue weighted by Gasteiger charge is -2.09. The highest BCUT2D eigenvalue weighted by atomic mass is 35.5. The number of benzene rings is 3. The van der Waals surface area contributed by atoms with Crippen molar-refractivity contribution in [2.75, 3.05) is 6.61 Å². The van der Waals surface area contributed by atoms with Crippen molar-refractivity contribution in [2.24, 2.45) is 5.10 Å². The number of nitrogens with one attached hydrogen (secondary N) is 1. The van der Waals surface area contributed by atoms with Crippen LogP contribution in [0.25, 0.3) is 0 Å². The third-order valence-corrected chi connectivity index (χ3v) is 4.06. The first-order valence-corrected chi connectivity index (χ1v) is 9.05. The number of para-hydroxylation sites is 2. The Balaban J connectivity index is 1.52. The molecule has 0 aliphatic heterocycles. The highest BCUT2D eigenvalue weighted by molar-refractivity contribution is 6.32. The van der Waals surface area contributed by atoms with E-state index in [0.29, 0.717) is 23.1 Å². The number of halogens is 1. The standard InChI is InChI=1S/C22H19ClN2O3/c23-19-11-5-7-13-21(19)28-16-22(26)25-24-14-18-10-4-6-12-20(18)27-15-17-8-2-1-3-9-17/h1-14H,15-16H2,(H,25,26). The second-order valence-corrected chi connectivity index (χ2v) is 6.23. The van der Waals surface area contributed by atoms with E-state index in [1.165, 1.54) is 6.21 Å². The van der Waals surface area contributed by atoms with Crippen LogP contribution in [0.1, 0.15) is 11.1 Å². The Hall–Kier alpha value is -3.31.